The second kappa shape index (κ2) is 6.81. The Morgan fingerprint density at radius 3 is 2.50 bits per heavy atom. The van der Waals surface area contributed by atoms with Crippen LogP contribution < -0.4 is 34.0 Å². The highest BCUT2D eigenvalue weighted by atomic mass is 127. The van der Waals surface area contributed by atoms with Gasteiger partial charge in [0.05, 0.1) is 5.69 Å². The van der Waals surface area contributed by atoms with E-state index in [-0.39, 0.29) is 24.0 Å². The molecule has 0 bridgehead atoms. The molecule has 0 saturated carbocycles. The molecule has 102 valence electrons. The average molecular weight is 395 g/mol. The third-order valence-corrected chi connectivity index (χ3v) is 3.85. The summed E-state index contributed by atoms with van der Waals surface area (Å²) in [6, 6.07) is 18.3. The number of hydrogen-bond acceptors (Lipinski definition) is 3. The number of hydrogen-bond donors (Lipinski definition) is 0. The van der Waals surface area contributed by atoms with Crippen LogP contribution >= 0.6 is 11.3 Å². The van der Waals surface area contributed by atoms with Crippen molar-refractivity contribution in [3.05, 3.63) is 59.6 Å². The largest absolute Gasteiger partial charge is 1.00 e. The zero-order valence-electron chi connectivity index (χ0n) is 11.0. The van der Waals surface area contributed by atoms with Crippen molar-refractivity contribution in [2.75, 3.05) is 12.1 Å². The number of nitrogens with zero attached hydrogens (tertiary/aromatic N) is 2. The van der Waals surface area contributed by atoms with Gasteiger partial charge in [0.25, 0.3) is 5.01 Å². The van der Waals surface area contributed by atoms with Crippen LogP contribution in [0.15, 0.2) is 59.7 Å². The lowest BCUT2D eigenvalue weighted by molar-refractivity contribution is -0.339. The summed E-state index contributed by atoms with van der Waals surface area (Å²) < 4.78 is 1.24. The van der Waals surface area contributed by atoms with E-state index in [9.17, 15) is 0 Å². The van der Waals surface area contributed by atoms with Crippen molar-refractivity contribution in [1.82, 2.24) is 0 Å². The van der Waals surface area contributed by atoms with Crippen LogP contribution in [0.2, 0.25) is 0 Å². The second-order valence-electron chi connectivity index (χ2n) is 4.19. The Balaban J connectivity index is 0.00000147. The molecule has 20 heavy (non-hydrogen) atoms. The second-order valence-corrected chi connectivity index (χ2v) is 5.27. The number of nitrogens with one attached hydrogen (secondary N) is 1. The average Bonchev–Trinajstić information content (AvgIpc) is 2.88. The predicted molar refractivity (Wildman–Crippen MR) is 80.8 cm³/mol. The van der Waals surface area contributed by atoms with Gasteiger partial charge >= 0.3 is 0 Å². The normalized spacial score (nSPS) is 10.7. The van der Waals surface area contributed by atoms with E-state index in [1.165, 1.54) is 4.70 Å². The number of aromatic amines is 1. The maximum atomic E-state index is 4.45. The minimum atomic E-state index is 0. The predicted octanol–water partition coefficient (Wildman–Crippen LogP) is 0.190. The summed E-state index contributed by atoms with van der Waals surface area (Å²) in [6.45, 7) is 0. The monoisotopic (exact) mass is 395 g/mol. The lowest BCUT2D eigenvalue weighted by Crippen LogP contribution is -3.00. The van der Waals surface area contributed by atoms with Crippen molar-refractivity contribution < 1.29 is 29.0 Å². The van der Waals surface area contributed by atoms with E-state index in [0.29, 0.717) is 0 Å². The van der Waals surface area contributed by atoms with Crippen LogP contribution in [-0.4, -0.2) is 13.3 Å². The summed E-state index contributed by atoms with van der Waals surface area (Å²) in [7, 11) is 1.94. The summed E-state index contributed by atoms with van der Waals surface area (Å²) in [4.78, 5) is 3.34. The smallest absolute Gasteiger partial charge is 0.281 e. The number of benzene rings is 2. The minimum Gasteiger partial charge on any atom is -1.00 e. The Bertz CT molecular complexity index is 676. The Morgan fingerprint density at radius 1 is 1.05 bits per heavy atom. The summed E-state index contributed by atoms with van der Waals surface area (Å²) >= 11 is 1.70. The molecule has 0 aliphatic heterocycles. The highest BCUT2D eigenvalue weighted by molar-refractivity contribution is 7.19. The maximum Gasteiger partial charge on any atom is 0.281 e. The van der Waals surface area contributed by atoms with Crippen molar-refractivity contribution >= 4 is 33.5 Å². The van der Waals surface area contributed by atoms with Gasteiger partial charge in [-0.25, -0.2) is 0 Å². The molecule has 0 radical (unpaired) electrons. The molecule has 0 atom stereocenters. The van der Waals surface area contributed by atoms with Gasteiger partial charge in [-0.2, -0.15) is 10.1 Å². The van der Waals surface area contributed by atoms with Crippen molar-refractivity contribution in [2.45, 2.75) is 0 Å². The van der Waals surface area contributed by atoms with E-state index in [1.807, 2.05) is 60.7 Å². The fourth-order valence-corrected chi connectivity index (χ4v) is 2.72. The van der Waals surface area contributed by atoms with Gasteiger partial charge in [-0.1, -0.05) is 41.7 Å². The molecule has 0 aliphatic carbocycles. The van der Waals surface area contributed by atoms with E-state index in [1.54, 1.807) is 11.3 Å². The summed E-state index contributed by atoms with van der Waals surface area (Å²) in [6.07, 6.45) is 1.86. The summed E-state index contributed by atoms with van der Waals surface area (Å²) in [5.41, 5.74) is 2.22. The molecule has 2 aromatic carbocycles. The number of anilines is 1. The highest BCUT2D eigenvalue weighted by Crippen LogP contribution is 2.17. The van der Waals surface area contributed by atoms with Gasteiger partial charge < -0.3 is 24.0 Å². The van der Waals surface area contributed by atoms with Gasteiger partial charge in [-0.3, -0.25) is 5.01 Å². The molecule has 0 aliphatic rings. The van der Waals surface area contributed by atoms with E-state index >= 15 is 0 Å². The first kappa shape index (κ1) is 14.9. The Morgan fingerprint density at radius 2 is 1.75 bits per heavy atom. The van der Waals surface area contributed by atoms with Crippen molar-refractivity contribution in [3.63, 3.8) is 0 Å². The number of hydrazone groups is 1. The van der Waals surface area contributed by atoms with Crippen LogP contribution in [0.4, 0.5) is 5.69 Å². The first-order valence-electron chi connectivity index (χ1n) is 6.06. The van der Waals surface area contributed by atoms with Crippen LogP contribution in [0.1, 0.15) is 5.01 Å². The molecule has 0 spiro atoms. The van der Waals surface area contributed by atoms with Crippen LogP contribution in [-0.2, 0) is 0 Å². The number of H-pyrrole nitrogens is 1. The molecule has 0 saturated heterocycles. The molecular weight excluding hydrogens is 381 g/mol. The molecule has 1 aromatic heterocycles. The maximum absolute atomic E-state index is 4.45. The quantitative estimate of drug-likeness (QED) is 0.354. The van der Waals surface area contributed by atoms with Gasteiger partial charge in [0.2, 0.25) is 5.52 Å². The summed E-state index contributed by atoms with van der Waals surface area (Å²) in [5, 5.41) is 7.35. The van der Waals surface area contributed by atoms with E-state index in [2.05, 4.69) is 22.2 Å². The third-order valence-electron chi connectivity index (χ3n) is 2.84. The number of rotatable bonds is 3. The van der Waals surface area contributed by atoms with Gasteiger partial charge in [0.1, 0.15) is 10.9 Å². The zero-order valence-corrected chi connectivity index (χ0v) is 13.9. The van der Waals surface area contributed by atoms with Crippen LogP contribution in [0, 0.1) is 0 Å². The number of para-hydroxylation sites is 2. The van der Waals surface area contributed by atoms with Gasteiger partial charge in [-0.05, 0) is 18.2 Å². The fourth-order valence-electron chi connectivity index (χ4n) is 1.84. The lowest BCUT2D eigenvalue weighted by atomic mass is 10.3. The van der Waals surface area contributed by atoms with Crippen molar-refractivity contribution in [3.8, 4) is 0 Å². The number of halogens is 1. The van der Waals surface area contributed by atoms with Crippen molar-refractivity contribution in [1.29, 1.82) is 0 Å². The Hall–Kier alpha value is -1.47. The molecule has 3 nitrogen and oxygen atoms in total. The molecule has 0 unspecified atom stereocenters. The fraction of sp³-hybridized carbons (Fsp3) is 0.0667. The van der Waals surface area contributed by atoms with Crippen LogP contribution in [0.25, 0.3) is 10.2 Å². The standard InChI is InChI=1S/C15H13N3S.HI/c1-18(12-7-3-2-4-8-12)16-11-15-17-13-9-5-6-10-14(13)19-15;/h2-11H,1H3;1H. The lowest BCUT2D eigenvalue weighted by Gasteiger charge is -2.10. The Kier molecular flexibility index (Phi) is 5.08. The first-order valence-corrected chi connectivity index (χ1v) is 6.88. The van der Waals surface area contributed by atoms with Crippen LogP contribution in [0.5, 0.6) is 0 Å². The topological polar surface area (TPSA) is 29.7 Å². The minimum absolute atomic E-state index is 0. The zero-order chi connectivity index (χ0) is 13.1. The molecule has 1 N–H and O–H groups in total. The van der Waals surface area contributed by atoms with Gasteiger partial charge in [0.15, 0.2) is 0 Å². The van der Waals surface area contributed by atoms with Gasteiger partial charge in [-0.15, -0.1) is 0 Å². The molecular formula is C15H14IN3S. The third kappa shape index (κ3) is 3.34. The van der Waals surface area contributed by atoms with E-state index in [4.69, 9.17) is 0 Å². The highest BCUT2D eigenvalue weighted by Gasteiger charge is 2.07. The van der Waals surface area contributed by atoms with Gasteiger partial charge in [0, 0.05) is 13.1 Å². The number of thiazole rings is 1. The molecule has 0 fully saturated rings. The first-order chi connectivity index (χ1) is 9.33. The molecule has 5 heteroatoms. The molecule has 0 amide bonds. The Labute approximate surface area is 139 Å². The molecule has 3 rings (SSSR count). The molecule has 1 heterocycles. The number of aromatic nitrogens is 1. The summed E-state index contributed by atoms with van der Waals surface area (Å²) in [5.74, 6) is 0. The van der Waals surface area contributed by atoms with Crippen LogP contribution in [0.3, 0.4) is 0 Å². The van der Waals surface area contributed by atoms with Crippen molar-refractivity contribution in [2.24, 2.45) is 5.10 Å². The van der Waals surface area contributed by atoms with E-state index < -0.39 is 0 Å². The number of fused-ring (bicyclic) bond motifs is 1. The van der Waals surface area contributed by atoms with E-state index in [0.717, 1.165) is 16.2 Å². The SMILES string of the molecule is CN(N=Cc1[nH+]c2ccccc2s1)c1ccccc1.[I-]. The molecule has 3 aromatic rings.